The highest BCUT2D eigenvalue weighted by Gasteiger charge is 2.11. The van der Waals surface area contributed by atoms with Gasteiger partial charge in [0.1, 0.15) is 6.26 Å². The predicted octanol–water partition coefficient (Wildman–Crippen LogP) is 2.59. The van der Waals surface area contributed by atoms with Gasteiger partial charge >= 0.3 is 0 Å². The molecule has 2 heterocycles. The molecule has 0 aliphatic heterocycles. The van der Waals surface area contributed by atoms with Gasteiger partial charge in [0.2, 0.25) is 11.5 Å². The van der Waals surface area contributed by atoms with Crippen molar-refractivity contribution in [2.75, 3.05) is 5.73 Å². The van der Waals surface area contributed by atoms with E-state index in [-0.39, 0.29) is 5.88 Å². The highest BCUT2D eigenvalue weighted by atomic mass is 16.4. The Hall–Kier alpha value is -2.23. The van der Waals surface area contributed by atoms with Crippen molar-refractivity contribution in [1.82, 2.24) is 4.98 Å². The van der Waals surface area contributed by atoms with Crippen molar-refractivity contribution in [3.63, 3.8) is 0 Å². The Bertz CT molecular complexity index is 610. The molecule has 2 aromatic heterocycles. The summed E-state index contributed by atoms with van der Waals surface area (Å²) in [5.74, 6) is 0.931. The van der Waals surface area contributed by atoms with Crippen LogP contribution in [0.25, 0.3) is 11.1 Å². The van der Waals surface area contributed by atoms with Crippen LogP contribution in [0.3, 0.4) is 0 Å². The van der Waals surface area contributed by atoms with E-state index < -0.39 is 0 Å². The van der Waals surface area contributed by atoms with Gasteiger partial charge in [0.25, 0.3) is 0 Å². The molecule has 0 unspecified atom stereocenters. The van der Waals surface area contributed by atoms with Crippen molar-refractivity contribution in [3.05, 3.63) is 48.0 Å². The lowest BCUT2D eigenvalue weighted by Gasteiger charge is -1.95. The van der Waals surface area contributed by atoms with Gasteiger partial charge in [-0.15, -0.1) is 0 Å². The third kappa shape index (κ3) is 1.44. The summed E-state index contributed by atoms with van der Waals surface area (Å²) in [6.07, 6.45) is 2.16. The van der Waals surface area contributed by atoms with Gasteiger partial charge in [-0.2, -0.15) is 0 Å². The molecule has 2 N–H and O–H groups in total. The molecule has 1 aromatic carbocycles. The van der Waals surface area contributed by atoms with Crippen molar-refractivity contribution in [2.24, 2.45) is 0 Å². The third-order valence-electron chi connectivity index (χ3n) is 2.42. The summed E-state index contributed by atoms with van der Waals surface area (Å²) >= 11 is 0. The second-order valence-corrected chi connectivity index (χ2v) is 3.58. The molecule has 0 bridgehead atoms. The van der Waals surface area contributed by atoms with Crippen LogP contribution < -0.4 is 5.73 Å². The number of oxazole rings is 1. The third-order valence-corrected chi connectivity index (χ3v) is 2.42. The van der Waals surface area contributed by atoms with E-state index in [1.165, 1.54) is 6.26 Å². The summed E-state index contributed by atoms with van der Waals surface area (Å²) in [5, 5.41) is 0. The number of furan rings is 1. The summed E-state index contributed by atoms with van der Waals surface area (Å²) in [5.41, 5.74) is 7.94. The molecular formula is C12H10N2O2. The fourth-order valence-corrected chi connectivity index (χ4v) is 1.65. The van der Waals surface area contributed by atoms with Gasteiger partial charge in [-0.25, -0.2) is 4.98 Å². The molecule has 0 amide bonds. The van der Waals surface area contributed by atoms with Gasteiger partial charge in [-0.1, -0.05) is 30.3 Å². The van der Waals surface area contributed by atoms with E-state index in [4.69, 9.17) is 14.6 Å². The molecule has 0 aliphatic rings. The molecule has 3 rings (SSSR count). The Kier molecular flexibility index (Phi) is 1.93. The number of anilines is 1. The summed E-state index contributed by atoms with van der Waals surface area (Å²) in [6, 6.07) is 10.0. The topological polar surface area (TPSA) is 65.2 Å². The lowest BCUT2D eigenvalue weighted by atomic mass is 10.1. The SMILES string of the molecule is Nc1occ2nc(Cc3ccccc3)oc12. The molecule has 0 radical (unpaired) electrons. The number of hydrogen-bond donors (Lipinski definition) is 1. The standard InChI is InChI=1S/C12H10N2O2/c13-12-11-9(7-15-12)14-10(16-11)6-8-4-2-1-3-5-8/h1-5,7H,6,13H2. The van der Waals surface area contributed by atoms with Crippen LogP contribution in [0, 0.1) is 0 Å². The number of nitrogens with two attached hydrogens (primary N) is 1. The smallest absolute Gasteiger partial charge is 0.235 e. The largest absolute Gasteiger partial charge is 0.443 e. The maximum atomic E-state index is 5.58. The monoisotopic (exact) mass is 214 g/mol. The van der Waals surface area contributed by atoms with Crippen LogP contribution >= 0.6 is 0 Å². The Morgan fingerprint density at radius 3 is 2.75 bits per heavy atom. The van der Waals surface area contributed by atoms with Crippen molar-refractivity contribution in [1.29, 1.82) is 0 Å². The minimum atomic E-state index is 0.279. The lowest BCUT2D eigenvalue weighted by molar-refractivity contribution is 0.525. The van der Waals surface area contributed by atoms with Crippen LogP contribution in [0.1, 0.15) is 11.5 Å². The zero-order valence-corrected chi connectivity index (χ0v) is 8.51. The average Bonchev–Trinajstić information content (AvgIpc) is 2.83. The van der Waals surface area contributed by atoms with Crippen molar-refractivity contribution in [2.45, 2.75) is 6.42 Å². The lowest BCUT2D eigenvalue weighted by Crippen LogP contribution is -1.86. The predicted molar refractivity (Wildman–Crippen MR) is 59.9 cm³/mol. The fraction of sp³-hybridized carbons (Fsp3) is 0.0833. The first-order valence-corrected chi connectivity index (χ1v) is 4.99. The van der Waals surface area contributed by atoms with Gasteiger partial charge < -0.3 is 14.6 Å². The molecule has 4 heteroatoms. The minimum absolute atomic E-state index is 0.279. The number of fused-ring (bicyclic) bond motifs is 1. The minimum Gasteiger partial charge on any atom is -0.443 e. The van der Waals surface area contributed by atoms with E-state index in [1.54, 1.807) is 0 Å². The van der Waals surface area contributed by atoms with Crippen molar-refractivity contribution < 1.29 is 8.83 Å². The van der Waals surface area contributed by atoms with E-state index in [1.807, 2.05) is 30.3 Å². The van der Waals surface area contributed by atoms with Crippen LogP contribution in [0.15, 0.2) is 45.4 Å². The van der Waals surface area contributed by atoms with E-state index in [0.29, 0.717) is 23.4 Å². The Morgan fingerprint density at radius 1 is 1.19 bits per heavy atom. The second-order valence-electron chi connectivity index (χ2n) is 3.58. The molecule has 80 valence electrons. The summed E-state index contributed by atoms with van der Waals surface area (Å²) < 4.78 is 10.5. The number of benzene rings is 1. The van der Waals surface area contributed by atoms with Gasteiger partial charge in [0.05, 0.1) is 0 Å². The van der Waals surface area contributed by atoms with Gasteiger partial charge in [0.15, 0.2) is 11.4 Å². The van der Waals surface area contributed by atoms with Gasteiger partial charge in [-0.3, -0.25) is 0 Å². The first kappa shape index (κ1) is 9.03. The first-order valence-electron chi connectivity index (χ1n) is 4.99. The number of aromatic nitrogens is 1. The van der Waals surface area contributed by atoms with Crippen LogP contribution in [-0.4, -0.2) is 4.98 Å². The van der Waals surface area contributed by atoms with Crippen molar-refractivity contribution >= 4 is 17.0 Å². The number of nitrogen functional groups attached to an aromatic ring is 1. The Balaban J connectivity index is 1.95. The highest BCUT2D eigenvalue weighted by Crippen LogP contribution is 2.24. The maximum Gasteiger partial charge on any atom is 0.235 e. The second kappa shape index (κ2) is 3.41. The molecule has 4 nitrogen and oxygen atoms in total. The average molecular weight is 214 g/mol. The molecule has 0 fully saturated rings. The highest BCUT2D eigenvalue weighted by molar-refractivity contribution is 5.81. The Morgan fingerprint density at radius 2 is 2.00 bits per heavy atom. The van der Waals surface area contributed by atoms with Crippen LogP contribution in [-0.2, 0) is 6.42 Å². The van der Waals surface area contributed by atoms with E-state index in [9.17, 15) is 0 Å². The number of rotatable bonds is 2. The van der Waals surface area contributed by atoms with Crippen LogP contribution in [0.2, 0.25) is 0 Å². The first-order chi connectivity index (χ1) is 7.83. The van der Waals surface area contributed by atoms with Crippen LogP contribution in [0.5, 0.6) is 0 Å². The molecule has 0 atom stereocenters. The zero-order chi connectivity index (χ0) is 11.0. The number of nitrogens with zero attached hydrogens (tertiary/aromatic N) is 1. The van der Waals surface area contributed by atoms with Crippen molar-refractivity contribution in [3.8, 4) is 0 Å². The summed E-state index contributed by atoms with van der Waals surface area (Å²) in [6.45, 7) is 0. The molecule has 0 aliphatic carbocycles. The normalized spacial score (nSPS) is 11.0. The summed E-state index contributed by atoms with van der Waals surface area (Å²) in [7, 11) is 0. The molecule has 0 saturated carbocycles. The van der Waals surface area contributed by atoms with Gasteiger partial charge in [0, 0.05) is 6.42 Å². The molecule has 0 saturated heterocycles. The quantitative estimate of drug-likeness (QED) is 0.712. The summed E-state index contributed by atoms with van der Waals surface area (Å²) in [4.78, 5) is 4.29. The van der Waals surface area contributed by atoms with E-state index in [2.05, 4.69) is 4.98 Å². The Labute approximate surface area is 91.7 Å². The van der Waals surface area contributed by atoms with Gasteiger partial charge in [-0.05, 0) is 5.56 Å². The van der Waals surface area contributed by atoms with E-state index >= 15 is 0 Å². The molecule has 16 heavy (non-hydrogen) atoms. The number of hydrogen-bond acceptors (Lipinski definition) is 4. The maximum absolute atomic E-state index is 5.58. The molecule has 3 aromatic rings. The molecule has 0 spiro atoms. The van der Waals surface area contributed by atoms with Crippen LogP contribution in [0.4, 0.5) is 5.88 Å². The van der Waals surface area contributed by atoms with E-state index in [0.717, 1.165) is 5.56 Å². The fourth-order valence-electron chi connectivity index (χ4n) is 1.65. The zero-order valence-electron chi connectivity index (χ0n) is 8.51. The molecular weight excluding hydrogens is 204 g/mol.